The third-order valence-electron chi connectivity index (χ3n) is 6.85. The summed E-state index contributed by atoms with van der Waals surface area (Å²) in [5.74, 6) is -1.46. The monoisotopic (exact) mass is 633 g/mol. The number of phenols is 1. The van der Waals surface area contributed by atoms with Crippen molar-refractivity contribution in [3.8, 4) is 11.5 Å². The molecule has 5 aromatic rings. The standard InChI is InChI=1S/C30H24ClN5O5S2/c1-3-41-21-14-18(9-12-20(21)37)25-23(26(38)24-16(2)32-22-6-4-5-13-35(22)24)27(39)28(40)36(25)29-33-34-30(43-29)42-15-17-7-10-19(31)11-8-17/h4-14,25,37-38H,3,15H2,1-2H3/b26-23+. The molecule has 0 saturated carbocycles. The molecule has 1 saturated heterocycles. The molecule has 1 aliphatic heterocycles. The van der Waals surface area contributed by atoms with Gasteiger partial charge in [-0.1, -0.05) is 59.0 Å². The zero-order valence-electron chi connectivity index (χ0n) is 22.9. The summed E-state index contributed by atoms with van der Waals surface area (Å²) in [4.78, 5) is 33.1. The molecule has 0 aliphatic carbocycles. The van der Waals surface area contributed by atoms with Gasteiger partial charge >= 0.3 is 5.91 Å². The first-order valence-corrected chi connectivity index (χ1v) is 15.4. The average molecular weight is 634 g/mol. The number of hydrogen-bond acceptors (Lipinski definition) is 10. The summed E-state index contributed by atoms with van der Waals surface area (Å²) in [6.45, 7) is 3.77. The Labute approximate surface area is 259 Å². The van der Waals surface area contributed by atoms with Crippen LogP contribution in [0.3, 0.4) is 0 Å². The van der Waals surface area contributed by atoms with Crippen LogP contribution in [0.4, 0.5) is 5.13 Å². The fraction of sp³-hybridized carbons (Fsp3) is 0.167. The number of amides is 1. The molecule has 2 N–H and O–H groups in total. The van der Waals surface area contributed by atoms with E-state index in [1.54, 1.807) is 48.7 Å². The molecule has 1 fully saturated rings. The highest BCUT2D eigenvalue weighted by Gasteiger charge is 2.49. The van der Waals surface area contributed by atoms with Gasteiger partial charge in [-0.15, -0.1) is 10.2 Å². The van der Waals surface area contributed by atoms with Gasteiger partial charge in [-0.25, -0.2) is 4.98 Å². The number of aliphatic hydroxyl groups is 1. The van der Waals surface area contributed by atoms with E-state index in [1.165, 1.54) is 22.7 Å². The van der Waals surface area contributed by atoms with E-state index in [0.29, 0.717) is 37.7 Å². The number of carbonyl (C=O) groups is 2. The number of aryl methyl sites for hydroxylation is 1. The third kappa shape index (κ3) is 5.33. The highest BCUT2D eigenvalue weighted by atomic mass is 35.5. The molecule has 1 unspecified atom stereocenters. The normalized spacial score (nSPS) is 16.3. The summed E-state index contributed by atoms with van der Waals surface area (Å²) in [6, 6.07) is 16.3. The van der Waals surface area contributed by atoms with Crippen molar-refractivity contribution in [2.24, 2.45) is 0 Å². The number of halogens is 1. The van der Waals surface area contributed by atoms with Crippen LogP contribution in [0.25, 0.3) is 11.4 Å². The fourth-order valence-corrected chi connectivity index (χ4v) is 6.88. The van der Waals surface area contributed by atoms with Gasteiger partial charge in [0.05, 0.1) is 23.9 Å². The second-order valence-electron chi connectivity index (χ2n) is 9.57. The fourth-order valence-electron chi connectivity index (χ4n) is 4.93. The SMILES string of the molecule is CCOc1cc(C2/C(=C(\O)c3c(C)nc4ccccn34)C(=O)C(=O)N2c2nnc(SCc3ccc(Cl)cc3)s2)ccc1O. The van der Waals surface area contributed by atoms with Gasteiger partial charge < -0.3 is 14.9 Å². The smallest absolute Gasteiger partial charge is 0.301 e. The average Bonchev–Trinajstić information content (AvgIpc) is 3.67. The number of benzene rings is 2. The zero-order valence-corrected chi connectivity index (χ0v) is 25.3. The van der Waals surface area contributed by atoms with Crippen molar-refractivity contribution in [3.05, 3.63) is 100.0 Å². The van der Waals surface area contributed by atoms with Gasteiger partial charge in [-0.2, -0.15) is 0 Å². The molecule has 218 valence electrons. The van der Waals surface area contributed by atoms with Crippen molar-refractivity contribution in [3.63, 3.8) is 0 Å². The number of imidazole rings is 1. The van der Waals surface area contributed by atoms with E-state index in [1.807, 2.05) is 30.3 Å². The van der Waals surface area contributed by atoms with E-state index in [9.17, 15) is 19.8 Å². The molecule has 4 heterocycles. The molecule has 1 amide bonds. The van der Waals surface area contributed by atoms with Crippen molar-refractivity contribution < 1.29 is 24.5 Å². The molecular formula is C30H24ClN5O5S2. The van der Waals surface area contributed by atoms with Gasteiger partial charge in [0, 0.05) is 17.0 Å². The van der Waals surface area contributed by atoms with Crippen molar-refractivity contribution in [1.82, 2.24) is 19.6 Å². The first kappa shape index (κ1) is 28.7. The number of phenolic OH excluding ortho intramolecular Hbond substituents is 1. The van der Waals surface area contributed by atoms with Gasteiger partial charge in [0.15, 0.2) is 21.6 Å². The lowest BCUT2D eigenvalue weighted by molar-refractivity contribution is -0.132. The Bertz CT molecular complexity index is 1900. The zero-order chi connectivity index (χ0) is 30.2. The first-order chi connectivity index (χ1) is 20.8. The largest absolute Gasteiger partial charge is 0.505 e. The van der Waals surface area contributed by atoms with Crippen LogP contribution in [0.15, 0.2) is 76.8 Å². The number of aliphatic hydroxyl groups excluding tert-OH is 1. The number of aromatic hydroxyl groups is 1. The van der Waals surface area contributed by atoms with Crippen molar-refractivity contribution in [2.75, 3.05) is 11.5 Å². The topological polar surface area (TPSA) is 130 Å². The molecule has 0 bridgehead atoms. The van der Waals surface area contributed by atoms with Crippen molar-refractivity contribution in [1.29, 1.82) is 0 Å². The number of rotatable bonds is 8. The highest BCUT2D eigenvalue weighted by Crippen LogP contribution is 2.45. The maximum absolute atomic E-state index is 13.7. The van der Waals surface area contributed by atoms with Gasteiger partial charge in [0.1, 0.15) is 11.3 Å². The second-order valence-corrected chi connectivity index (χ2v) is 12.2. The minimum Gasteiger partial charge on any atom is -0.505 e. The van der Waals surface area contributed by atoms with E-state index >= 15 is 0 Å². The number of pyridine rings is 1. The Morgan fingerprint density at radius 1 is 1.12 bits per heavy atom. The number of Topliss-reactive ketones (excluding diaryl/α,β-unsaturated/α-hetero) is 1. The summed E-state index contributed by atoms with van der Waals surface area (Å²) in [6.07, 6.45) is 1.72. The van der Waals surface area contributed by atoms with Gasteiger partial charge in [0.25, 0.3) is 5.78 Å². The molecular weight excluding hydrogens is 610 g/mol. The number of thioether (sulfide) groups is 1. The highest BCUT2D eigenvalue weighted by molar-refractivity contribution is 8.00. The van der Waals surface area contributed by atoms with Crippen LogP contribution >= 0.6 is 34.7 Å². The molecule has 43 heavy (non-hydrogen) atoms. The van der Waals surface area contributed by atoms with Gasteiger partial charge in [-0.05, 0) is 61.4 Å². The van der Waals surface area contributed by atoms with Crippen LogP contribution in [0.5, 0.6) is 11.5 Å². The number of anilines is 1. The number of ketones is 1. The van der Waals surface area contributed by atoms with E-state index in [4.69, 9.17) is 16.3 Å². The maximum Gasteiger partial charge on any atom is 0.301 e. The minimum absolute atomic E-state index is 0.100. The first-order valence-electron chi connectivity index (χ1n) is 13.2. The van der Waals surface area contributed by atoms with Crippen LogP contribution in [-0.2, 0) is 15.3 Å². The van der Waals surface area contributed by atoms with E-state index in [2.05, 4.69) is 15.2 Å². The van der Waals surface area contributed by atoms with Crippen LogP contribution in [-0.4, -0.2) is 48.1 Å². The van der Waals surface area contributed by atoms with Crippen LogP contribution in [0.2, 0.25) is 5.02 Å². The maximum atomic E-state index is 13.7. The summed E-state index contributed by atoms with van der Waals surface area (Å²) >= 11 is 8.58. The predicted octanol–water partition coefficient (Wildman–Crippen LogP) is 6.17. The van der Waals surface area contributed by atoms with Crippen LogP contribution in [0, 0.1) is 6.92 Å². The predicted molar refractivity (Wildman–Crippen MR) is 165 cm³/mol. The molecule has 6 rings (SSSR count). The molecule has 0 spiro atoms. The summed E-state index contributed by atoms with van der Waals surface area (Å²) < 4.78 is 7.84. The lowest BCUT2D eigenvalue weighted by atomic mass is 9.96. The Kier molecular flexibility index (Phi) is 7.82. The number of hydrogen-bond donors (Lipinski definition) is 2. The van der Waals surface area contributed by atoms with Crippen LogP contribution < -0.4 is 9.64 Å². The molecule has 3 aromatic heterocycles. The number of aromatic nitrogens is 4. The number of ether oxygens (including phenoxy) is 1. The Balaban J connectivity index is 1.46. The number of fused-ring (bicyclic) bond motifs is 1. The van der Waals surface area contributed by atoms with Crippen LogP contribution in [0.1, 0.15) is 35.5 Å². The molecule has 13 heteroatoms. The Morgan fingerprint density at radius 3 is 2.67 bits per heavy atom. The number of carbonyl (C=O) groups excluding carboxylic acids is 2. The Hall–Kier alpha value is -4.39. The van der Waals surface area contributed by atoms with Gasteiger partial charge in [0.2, 0.25) is 5.13 Å². The van der Waals surface area contributed by atoms with E-state index < -0.39 is 17.7 Å². The summed E-state index contributed by atoms with van der Waals surface area (Å²) in [5, 5.41) is 31.4. The molecule has 1 aliphatic rings. The van der Waals surface area contributed by atoms with Crippen molar-refractivity contribution in [2.45, 2.75) is 30.0 Å². The Morgan fingerprint density at radius 2 is 1.91 bits per heavy atom. The molecule has 2 aromatic carbocycles. The third-order valence-corrected chi connectivity index (χ3v) is 9.23. The second kappa shape index (κ2) is 11.7. The minimum atomic E-state index is -1.09. The van der Waals surface area contributed by atoms with E-state index in [0.717, 1.165) is 16.9 Å². The lowest BCUT2D eigenvalue weighted by Gasteiger charge is -2.23. The number of nitrogens with zero attached hydrogens (tertiary/aromatic N) is 5. The molecule has 1 atom stereocenters. The quantitative estimate of drug-likeness (QED) is 0.0677. The van der Waals surface area contributed by atoms with E-state index in [-0.39, 0.29) is 34.6 Å². The van der Waals surface area contributed by atoms with Crippen molar-refractivity contribution >= 4 is 62.9 Å². The summed E-state index contributed by atoms with van der Waals surface area (Å²) in [7, 11) is 0. The molecule has 0 radical (unpaired) electrons. The lowest BCUT2D eigenvalue weighted by Crippen LogP contribution is -2.29. The van der Waals surface area contributed by atoms with Gasteiger partial charge in [-0.3, -0.25) is 18.9 Å². The molecule has 10 nitrogen and oxygen atoms in total. The summed E-state index contributed by atoms with van der Waals surface area (Å²) in [5.41, 5.74) is 2.66.